The van der Waals surface area contributed by atoms with Gasteiger partial charge in [-0.1, -0.05) is 18.2 Å². The Morgan fingerprint density at radius 1 is 1.17 bits per heavy atom. The Balaban J connectivity index is 2.23. The van der Waals surface area contributed by atoms with Crippen LogP contribution in [-0.4, -0.2) is 16.1 Å². The van der Waals surface area contributed by atoms with Crippen LogP contribution in [0.5, 0.6) is 5.88 Å². The quantitative estimate of drug-likeness (QED) is 0.864. The van der Waals surface area contributed by atoms with Crippen molar-refractivity contribution in [2.45, 2.75) is 20.0 Å². The molecule has 0 fully saturated rings. The van der Waals surface area contributed by atoms with Gasteiger partial charge < -0.3 is 15.8 Å². The maximum absolute atomic E-state index is 5.97. The maximum Gasteiger partial charge on any atom is 0.242 e. The van der Waals surface area contributed by atoms with E-state index in [9.17, 15) is 0 Å². The van der Waals surface area contributed by atoms with Gasteiger partial charge in [0.1, 0.15) is 12.0 Å². The molecule has 0 unspecified atom stereocenters. The number of rotatable bonds is 4. The number of nitrogens with two attached hydrogens (primary N) is 1. The second kappa shape index (κ2) is 5.35. The average Bonchev–Trinajstić information content (AvgIpc) is 2.35. The highest BCUT2D eigenvalue weighted by atomic mass is 16.5. The fraction of sp³-hybridized carbons (Fsp3) is 0.231. The van der Waals surface area contributed by atoms with E-state index in [1.807, 2.05) is 44.2 Å². The summed E-state index contributed by atoms with van der Waals surface area (Å²) in [4.78, 5) is 8.14. The van der Waals surface area contributed by atoms with Crippen molar-refractivity contribution < 1.29 is 4.74 Å². The number of ether oxygens (including phenoxy) is 1. The molecule has 0 bridgehead atoms. The molecular weight excluding hydrogens is 228 g/mol. The molecule has 94 valence electrons. The van der Waals surface area contributed by atoms with Gasteiger partial charge in [0, 0.05) is 5.69 Å². The fourth-order valence-electron chi connectivity index (χ4n) is 1.45. The summed E-state index contributed by atoms with van der Waals surface area (Å²) in [5, 5.41) is 3.13. The summed E-state index contributed by atoms with van der Waals surface area (Å²) < 4.78 is 5.51. The van der Waals surface area contributed by atoms with Crippen molar-refractivity contribution in [3.63, 3.8) is 0 Å². The molecule has 2 rings (SSSR count). The lowest BCUT2D eigenvalue weighted by atomic mass is 10.3. The third-order valence-electron chi connectivity index (χ3n) is 2.23. The average molecular weight is 244 g/mol. The van der Waals surface area contributed by atoms with Crippen molar-refractivity contribution >= 4 is 17.2 Å². The first-order chi connectivity index (χ1) is 8.66. The van der Waals surface area contributed by atoms with Crippen LogP contribution in [0.3, 0.4) is 0 Å². The molecule has 0 saturated carbocycles. The molecule has 18 heavy (non-hydrogen) atoms. The van der Waals surface area contributed by atoms with E-state index < -0.39 is 0 Å². The highest BCUT2D eigenvalue weighted by molar-refractivity contribution is 5.71. The highest BCUT2D eigenvalue weighted by Crippen LogP contribution is 2.27. The predicted molar refractivity (Wildman–Crippen MR) is 71.9 cm³/mol. The minimum atomic E-state index is 0.0202. The van der Waals surface area contributed by atoms with Crippen molar-refractivity contribution in [1.82, 2.24) is 9.97 Å². The van der Waals surface area contributed by atoms with Gasteiger partial charge in [-0.3, -0.25) is 0 Å². The molecule has 1 aromatic heterocycles. The molecule has 0 aliphatic rings. The molecule has 5 nitrogen and oxygen atoms in total. The number of anilines is 3. The topological polar surface area (TPSA) is 73.1 Å². The Hall–Kier alpha value is -2.30. The molecule has 0 spiro atoms. The molecule has 0 aliphatic heterocycles. The summed E-state index contributed by atoms with van der Waals surface area (Å²) >= 11 is 0. The largest absolute Gasteiger partial charge is 0.473 e. The van der Waals surface area contributed by atoms with Crippen LogP contribution in [0.2, 0.25) is 0 Å². The zero-order valence-corrected chi connectivity index (χ0v) is 10.4. The first-order valence-corrected chi connectivity index (χ1v) is 5.76. The molecule has 3 N–H and O–H groups in total. The predicted octanol–water partition coefficient (Wildman–Crippen LogP) is 2.59. The second-order valence-corrected chi connectivity index (χ2v) is 4.10. The van der Waals surface area contributed by atoms with Gasteiger partial charge in [-0.25, -0.2) is 4.98 Å². The lowest BCUT2D eigenvalue weighted by Gasteiger charge is -2.13. The van der Waals surface area contributed by atoms with Crippen LogP contribution >= 0.6 is 0 Å². The summed E-state index contributed by atoms with van der Waals surface area (Å²) in [7, 11) is 0. The minimum Gasteiger partial charge on any atom is -0.473 e. The Bertz CT molecular complexity index is 514. The Morgan fingerprint density at radius 3 is 2.56 bits per heavy atom. The van der Waals surface area contributed by atoms with Crippen LogP contribution in [-0.2, 0) is 0 Å². The lowest BCUT2D eigenvalue weighted by Crippen LogP contribution is -2.10. The summed E-state index contributed by atoms with van der Waals surface area (Å²) in [6.07, 6.45) is 1.45. The molecule has 2 aromatic rings. The Morgan fingerprint density at radius 2 is 1.89 bits per heavy atom. The summed E-state index contributed by atoms with van der Waals surface area (Å²) in [5.74, 6) is 0.949. The molecule has 0 radical (unpaired) electrons. The molecule has 1 aromatic carbocycles. The fourth-order valence-corrected chi connectivity index (χ4v) is 1.45. The van der Waals surface area contributed by atoms with Crippen LogP contribution in [0.25, 0.3) is 0 Å². The van der Waals surface area contributed by atoms with Crippen LogP contribution in [0, 0.1) is 0 Å². The number of nitrogens with zero attached hydrogens (tertiary/aromatic N) is 2. The first-order valence-electron chi connectivity index (χ1n) is 5.76. The third-order valence-corrected chi connectivity index (χ3v) is 2.23. The number of para-hydroxylation sites is 1. The van der Waals surface area contributed by atoms with Gasteiger partial charge in [0.05, 0.1) is 6.10 Å². The van der Waals surface area contributed by atoms with Gasteiger partial charge in [0.15, 0.2) is 5.82 Å². The molecule has 5 heteroatoms. The van der Waals surface area contributed by atoms with Gasteiger partial charge in [-0.05, 0) is 26.0 Å². The number of aromatic nitrogens is 2. The Labute approximate surface area is 106 Å². The molecular formula is C13H16N4O. The Kier molecular flexibility index (Phi) is 3.62. The van der Waals surface area contributed by atoms with E-state index in [0.29, 0.717) is 17.4 Å². The van der Waals surface area contributed by atoms with Crippen molar-refractivity contribution in [2.24, 2.45) is 0 Å². The maximum atomic E-state index is 5.97. The van der Waals surface area contributed by atoms with Crippen LogP contribution in [0.15, 0.2) is 36.7 Å². The number of hydrogen-bond acceptors (Lipinski definition) is 5. The van der Waals surface area contributed by atoms with E-state index in [1.165, 1.54) is 6.33 Å². The van der Waals surface area contributed by atoms with E-state index in [2.05, 4.69) is 15.3 Å². The van der Waals surface area contributed by atoms with E-state index in [0.717, 1.165) is 5.69 Å². The van der Waals surface area contributed by atoms with Gasteiger partial charge in [0.2, 0.25) is 5.88 Å². The minimum absolute atomic E-state index is 0.0202. The molecule has 1 heterocycles. The van der Waals surface area contributed by atoms with E-state index in [4.69, 9.17) is 10.5 Å². The van der Waals surface area contributed by atoms with Crippen molar-refractivity contribution in [3.05, 3.63) is 36.7 Å². The van der Waals surface area contributed by atoms with E-state index in [-0.39, 0.29) is 6.10 Å². The standard InChI is InChI=1S/C13H16N4O/c1-9(2)18-13-11(14)12(15-8-16-13)17-10-6-4-3-5-7-10/h3-9H,14H2,1-2H3,(H,15,16,17). The zero-order chi connectivity index (χ0) is 13.0. The third kappa shape index (κ3) is 2.88. The normalized spacial score (nSPS) is 10.4. The number of nitrogens with one attached hydrogen (secondary N) is 1. The van der Waals surface area contributed by atoms with E-state index in [1.54, 1.807) is 0 Å². The van der Waals surface area contributed by atoms with E-state index >= 15 is 0 Å². The SMILES string of the molecule is CC(C)Oc1ncnc(Nc2ccccc2)c1N. The summed E-state index contributed by atoms with van der Waals surface area (Å²) in [5.41, 5.74) is 7.29. The van der Waals surface area contributed by atoms with Gasteiger partial charge >= 0.3 is 0 Å². The van der Waals surface area contributed by atoms with Crippen LogP contribution < -0.4 is 15.8 Å². The molecule has 0 amide bonds. The monoisotopic (exact) mass is 244 g/mol. The second-order valence-electron chi connectivity index (χ2n) is 4.10. The van der Waals surface area contributed by atoms with Crippen molar-refractivity contribution in [2.75, 3.05) is 11.1 Å². The number of hydrogen-bond donors (Lipinski definition) is 2. The van der Waals surface area contributed by atoms with Crippen molar-refractivity contribution in [1.29, 1.82) is 0 Å². The van der Waals surface area contributed by atoms with Crippen molar-refractivity contribution in [3.8, 4) is 5.88 Å². The lowest BCUT2D eigenvalue weighted by molar-refractivity contribution is 0.234. The molecule has 0 aliphatic carbocycles. The summed E-state index contributed by atoms with van der Waals surface area (Å²) in [6, 6.07) is 9.69. The van der Waals surface area contributed by atoms with Crippen LogP contribution in [0.1, 0.15) is 13.8 Å². The summed E-state index contributed by atoms with van der Waals surface area (Å²) in [6.45, 7) is 3.84. The van der Waals surface area contributed by atoms with Crippen LogP contribution in [0.4, 0.5) is 17.2 Å². The smallest absolute Gasteiger partial charge is 0.242 e. The highest BCUT2D eigenvalue weighted by Gasteiger charge is 2.10. The first kappa shape index (κ1) is 12.2. The van der Waals surface area contributed by atoms with Gasteiger partial charge in [-0.2, -0.15) is 4.98 Å². The molecule has 0 saturated heterocycles. The number of benzene rings is 1. The molecule has 0 atom stereocenters. The van der Waals surface area contributed by atoms with Gasteiger partial charge in [-0.15, -0.1) is 0 Å². The zero-order valence-electron chi connectivity index (χ0n) is 10.4. The number of nitrogen functional groups attached to an aromatic ring is 1. The van der Waals surface area contributed by atoms with Gasteiger partial charge in [0.25, 0.3) is 0 Å².